The minimum Gasteiger partial charge on any atom is -0.299 e. The van der Waals surface area contributed by atoms with Crippen LogP contribution in [0.2, 0.25) is 0 Å². The average molecular weight is 248 g/mol. The van der Waals surface area contributed by atoms with Crippen LogP contribution in [0.1, 0.15) is 5.56 Å². The van der Waals surface area contributed by atoms with Crippen molar-refractivity contribution in [1.29, 1.82) is 0 Å². The normalized spacial score (nSPS) is 9.42. The second kappa shape index (κ2) is 5.98. The smallest absolute Gasteiger partial charge is 0.142 e. The molecule has 0 fully saturated rings. The van der Waals surface area contributed by atoms with Gasteiger partial charge in [0.25, 0.3) is 0 Å². The van der Waals surface area contributed by atoms with Crippen LogP contribution in [0.15, 0.2) is 34.8 Å². The summed E-state index contributed by atoms with van der Waals surface area (Å²) in [6.45, 7) is 0. The number of rotatable bonds is 2. The Kier molecular flexibility index (Phi) is 5.68. The van der Waals surface area contributed by atoms with Crippen molar-refractivity contribution in [2.24, 2.45) is 0 Å². The Balaban J connectivity index is 0.00000121. The van der Waals surface area contributed by atoms with E-state index in [1.165, 1.54) is 6.08 Å². The Hall–Kier alpha value is -0.600. The van der Waals surface area contributed by atoms with E-state index in [9.17, 15) is 4.79 Å². The molecule has 0 heterocycles. The molecule has 0 saturated carbocycles. The maximum atomic E-state index is 9.95. The van der Waals surface area contributed by atoms with E-state index in [0.717, 1.165) is 16.3 Å². The standard InChI is InChI=1S/C9H7BrO.ClH/c10-9-5-3-8(4-6-9)2-1-7-11;/h1-7H;1H/b2-1+;. The molecule has 0 unspecified atom stereocenters. The number of hydrogen-bond donors (Lipinski definition) is 0. The van der Waals surface area contributed by atoms with Gasteiger partial charge < -0.3 is 0 Å². The highest BCUT2D eigenvalue weighted by Crippen LogP contribution is 2.10. The highest BCUT2D eigenvalue weighted by Gasteiger charge is 1.85. The fourth-order valence-electron chi connectivity index (χ4n) is 0.724. The summed E-state index contributed by atoms with van der Waals surface area (Å²) < 4.78 is 1.04. The van der Waals surface area contributed by atoms with E-state index in [1.807, 2.05) is 24.3 Å². The maximum Gasteiger partial charge on any atom is 0.142 e. The highest BCUT2D eigenvalue weighted by atomic mass is 79.9. The van der Waals surface area contributed by atoms with Gasteiger partial charge in [0.15, 0.2) is 0 Å². The second-order valence-corrected chi connectivity index (χ2v) is 2.96. The zero-order chi connectivity index (χ0) is 8.10. The van der Waals surface area contributed by atoms with Crippen LogP contribution in [0, 0.1) is 0 Å². The van der Waals surface area contributed by atoms with E-state index in [1.54, 1.807) is 6.08 Å². The molecule has 1 rings (SSSR count). The molecule has 0 atom stereocenters. The first-order chi connectivity index (χ1) is 5.33. The van der Waals surface area contributed by atoms with Crippen molar-refractivity contribution >= 4 is 40.7 Å². The van der Waals surface area contributed by atoms with Crippen LogP contribution in [0.4, 0.5) is 0 Å². The molecule has 0 aromatic heterocycles. The van der Waals surface area contributed by atoms with Crippen molar-refractivity contribution in [3.05, 3.63) is 40.4 Å². The van der Waals surface area contributed by atoms with E-state index in [0.29, 0.717) is 0 Å². The molecule has 0 aliphatic heterocycles. The molecule has 1 aromatic carbocycles. The van der Waals surface area contributed by atoms with Gasteiger partial charge >= 0.3 is 0 Å². The van der Waals surface area contributed by atoms with Crippen molar-refractivity contribution in [2.45, 2.75) is 0 Å². The Morgan fingerprint density at radius 3 is 2.25 bits per heavy atom. The monoisotopic (exact) mass is 246 g/mol. The lowest BCUT2D eigenvalue weighted by atomic mass is 10.2. The number of aldehydes is 1. The summed E-state index contributed by atoms with van der Waals surface area (Å²) in [5.41, 5.74) is 1.03. The van der Waals surface area contributed by atoms with Crippen LogP contribution >= 0.6 is 28.3 Å². The van der Waals surface area contributed by atoms with Gasteiger partial charge in [0.05, 0.1) is 0 Å². The largest absolute Gasteiger partial charge is 0.299 e. The Bertz CT molecular complexity index is 266. The molecule has 0 amide bonds. The van der Waals surface area contributed by atoms with Gasteiger partial charge in [0.2, 0.25) is 0 Å². The van der Waals surface area contributed by atoms with Gasteiger partial charge in [-0.15, -0.1) is 12.4 Å². The third-order valence-electron chi connectivity index (χ3n) is 1.24. The molecule has 0 saturated heterocycles. The van der Waals surface area contributed by atoms with Gasteiger partial charge in [0.1, 0.15) is 6.29 Å². The molecule has 12 heavy (non-hydrogen) atoms. The molecule has 64 valence electrons. The van der Waals surface area contributed by atoms with Crippen LogP contribution in [-0.4, -0.2) is 6.29 Å². The molecule has 1 nitrogen and oxygen atoms in total. The predicted molar refractivity (Wildman–Crippen MR) is 56.5 cm³/mol. The SMILES string of the molecule is Cl.O=C/C=C/c1ccc(Br)cc1. The molecule has 0 spiro atoms. The first-order valence-corrected chi connectivity index (χ1v) is 3.99. The van der Waals surface area contributed by atoms with E-state index >= 15 is 0 Å². The lowest BCUT2D eigenvalue weighted by Gasteiger charge is -1.91. The molecule has 0 aliphatic carbocycles. The van der Waals surface area contributed by atoms with E-state index in [4.69, 9.17) is 0 Å². The first-order valence-electron chi connectivity index (χ1n) is 3.20. The molecule has 3 heteroatoms. The molecule has 0 N–H and O–H groups in total. The van der Waals surface area contributed by atoms with Crippen LogP contribution in [-0.2, 0) is 4.79 Å². The zero-order valence-electron chi connectivity index (χ0n) is 6.24. The average Bonchev–Trinajstić information content (AvgIpc) is 2.04. The second-order valence-electron chi connectivity index (χ2n) is 2.05. The van der Waals surface area contributed by atoms with Crippen molar-refractivity contribution in [3.8, 4) is 0 Å². The van der Waals surface area contributed by atoms with E-state index in [-0.39, 0.29) is 12.4 Å². The fourth-order valence-corrected chi connectivity index (χ4v) is 0.989. The Labute approximate surface area is 86.0 Å². The Morgan fingerprint density at radius 2 is 1.75 bits per heavy atom. The summed E-state index contributed by atoms with van der Waals surface area (Å²) in [6.07, 6.45) is 4.00. The van der Waals surface area contributed by atoms with E-state index in [2.05, 4.69) is 15.9 Å². The third-order valence-corrected chi connectivity index (χ3v) is 1.77. The minimum absolute atomic E-state index is 0. The summed E-state index contributed by atoms with van der Waals surface area (Å²) in [4.78, 5) is 9.95. The van der Waals surface area contributed by atoms with Gasteiger partial charge in [-0.1, -0.05) is 34.1 Å². The van der Waals surface area contributed by atoms with Gasteiger partial charge in [-0.3, -0.25) is 4.79 Å². The molecule has 0 aliphatic rings. The topological polar surface area (TPSA) is 17.1 Å². The molecule has 0 radical (unpaired) electrons. The number of carbonyl (C=O) groups is 1. The highest BCUT2D eigenvalue weighted by molar-refractivity contribution is 9.10. The summed E-state index contributed by atoms with van der Waals surface area (Å²) in [7, 11) is 0. The van der Waals surface area contributed by atoms with Crippen molar-refractivity contribution in [2.75, 3.05) is 0 Å². The van der Waals surface area contributed by atoms with Crippen LogP contribution in [0.3, 0.4) is 0 Å². The number of hydrogen-bond acceptors (Lipinski definition) is 1. The number of benzene rings is 1. The maximum absolute atomic E-state index is 9.95. The van der Waals surface area contributed by atoms with Crippen LogP contribution < -0.4 is 0 Å². The Morgan fingerprint density at radius 1 is 1.17 bits per heavy atom. The predicted octanol–water partition coefficient (Wildman–Crippen LogP) is 3.08. The van der Waals surface area contributed by atoms with Crippen molar-refractivity contribution in [1.82, 2.24) is 0 Å². The number of allylic oxidation sites excluding steroid dienone is 1. The molecular formula is C9H8BrClO. The van der Waals surface area contributed by atoms with Crippen LogP contribution in [0.25, 0.3) is 6.08 Å². The van der Waals surface area contributed by atoms with Crippen LogP contribution in [0.5, 0.6) is 0 Å². The lowest BCUT2D eigenvalue weighted by molar-refractivity contribution is -0.104. The van der Waals surface area contributed by atoms with Gasteiger partial charge in [-0.25, -0.2) is 0 Å². The first kappa shape index (κ1) is 11.4. The van der Waals surface area contributed by atoms with Crippen molar-refractivity contribution < 1.29 is 4.79 Å². The molecule has 1 aromatic rings. The summed E-state index contributed by atoms with van der Waals surface area (Å²) in [5.74, 6) is 0. The summed E-state index contributed by atoms with van der Waals surface area (Å²) >= 11 is 3.32. The number of carbonyl (C=O) groups excluding carboxylic acids is 1. The van der Waals surface area contributed by atoms with Gasteiger partial charge in [0, 0.05) is 4.47 Å². The summed E-state index contributed by atoms with van der Waals surface area (Å²) in [6, 6.07) is 7.74. The number of halogens is 2. The molecular weight excluding hydrogens is 239 g/mol. The van der Waals surface area contributed by atoms with E-state index < -0.39 is 0 Å². The zero-order valence-corrected chi connectivity index (χ0v) is 8.64. The lowest BCUT2D eigenvalue weighted by Crippen LogP contribution is -1.70. The fraction of sp³-hybridized carbons (Fsp3) is 0. The minimum atomic E-state index is 0. The molecule has 0 bridgehead atoms. The van der Waals surface area contributed by atoms with Crippen molar-refractivity contribution in [3.63, 3.8) is 0 Å². The third kappa shape index (κ3) is 3.69. The van der Waals surface area contributed by atoms with Gasteiger partial charge in [-0.05, 0) is 23.8 Å². The summed E-state index contributed by atoms with van der Waals surface area (Å²) in [5, 5.41) is 0. The quantitative estimate of drug-likeness (QED) is 0.580. The van der Waals surface area contributed by atoms with Gasteiger partial charge in [-0.2, -0.15) is 0 Å².